The Morgan fingerprint density at radius 1 is 1.25 bits per heavy atom. The number of hydrogen-bond donors (Lipinski definition) is 1. The van der Waals surface area contributed by atoms with Crippen LogP contribution in [0.25, 0.3) is 0 Å². The number of rotatable bonds is 2. The highest BCUT2D eigenvalue weighted by Gasteiger charge is 2.12. The van der Waals surface area contributed by atoms with Crippen molar-refractivity contribution in [2.24, 2.45) is 0 Å². The van der Waals surface area contributed by atoms with Crippen LogP contribution in [0.1, 0.15) is 17.3 Å². The first kappa shape index (κ1) is 8.46. The Bertz CT molecular complexity index is 331. The van der Waals surface area contributed by atoms with Gasteiger partial charge in [-0.3, -0.25) is 9.59 Å². The second-order valence-electron chi connectivity index (χ2n) is 2.47. The van der Waals surface area contributed by atoms with Gasteiger partial charge >= 0.3 is 0 Å². The molecule has 0 radical (unpaired) electrons. The maximum Gasteiger partial charge on any atom is 0.230 e. The molecule has 3 heteroatoms. The Morgan fingerprint density at radius 2 is 1.83 bits per heavy atom. The van der Waals surface area contributed by atoms with Gasteiger partial charge < -0.3 is 5.73 Å². The number of carbonyl (C=O) groups excluding carboxylic acids is 2. The first-order chi connectivity index (χ1) is 5.63. The molecule has 0 aliphatic rings. The van der Waals surface area contributed by atoms with Crippen LogP contribution in [0.2, 0.25) is 0 Å². The van der Waals surface area contributed by atoms with Crippen LogP contribution in [-0.2, 0) is 4.79 Å². The van der Waals surface area contributed by atoms with Crippen LogP contribution in [0.4, 0.5) is 5.69 Å². The fourth-order valence-electron chi connectivity index (χ4n) is 0.893. The monoisotopic (exact) mass is 163 g/mol. The summed E-state index contributed by atoms with van der Waals surface area (Å²) in [7, 11) is 0. The highest BCUT2D eigenvalue weighted by atomic mass is 16.2. The van der Waals surface area contributed by atoms with Gasteiger partial charge in [-0.2, -0.15) is 0 Å². The van der Waals surface area contributed by atoms with Crippen molar-refractivity contribution in [3.8, 4) is 0 Å². The summed E-state index contributed by atoms with van der Waals surface area (Å²) in [5, 5.41) is 0. The molecule has 2 N–H and O–H groups in total. The third-order valence-electron chi connectivity index (χ3n) is 1.53. The quantitative estimate of drug-likeness (QED) is 0.402. The van der Waals surface area contributed by atoms with E-state index in [0.717, 1.165) is 0 Å². The lowest BCUT2D eigenvalue weighted by atomic mass is 10.1. The van der Waals surface area contributed by atoms with E-state index in [9.17, 15) is 9.59 Å². The maximum absolute atomic E-state index is 11.1. The second-order valence-corrected chi connectivity index (χ2v) is 2.47. The van der Waals surface area contributed by atoms with Crippen LogP contribution in [0.5, 0.6) is 0 Å². The van der Waals surface area contributed by atoms with Crippen molar-refractivity contribution in [3.63, 3.8) is 0 Å². The van der Waals surface area contributed by atoms with E-state index in [-0.39, 0.29) is 5.56 Å². The molecule has 0 unspecified atom stereocenters. The minimum Gasteiger partial charge on any atom is -0.398 e. The van der Waals surface area contributed by atoms with Crippen molar-refractivity contribution in [1.29, 1.82) is 0 Å². The van der Waals surface area contributed by atoms with Gasteiger partial charge in [0, 0.05) is 18.2 Å². The van der Waals surface area contributed by atoms with E-state index in [1.165, 1.54) is 6.92 Å². The lowest BCUT2D eigenvalue weighted by Gasteiger charge is -1.99. The zero-order valence-corrected chi connectivity index (χ0v) is 6.70. The molecule has 62 valence electrons. The van der Waals surface area contributed by atoms with Gasteiger partial charge in [-0.25, -0.2) is 0 Å². The van der Waals surface area contributed by atoms with Crippen molar-refractivity contribution in [2.75, 3.05) is 5.73 Å². The second kappa shape index (κ2) is 3.17. The fourth-order valence-corrected chi connectivity index (χ4v) is 0.893. The number of para-hydroxylation sites is 1. The van der Waals surface area contributed by atoms with Gasteiger partial charge in [0.15, 0.2) is 5.78 Å². The van der Waals surface area contributed by atoms with Crippen molar-refractivity contribution in [2.45, 2.75) is 6.92 Å². The Labute approximate surface area is 70.2 Å². The molecule has 0 spiro atoms. The SMILES string of the molecule is CC(=O)C(=O)c1ccccc1N. The molecule has 0 amide bonds. The van der Waals surface area contributed by atoms with Crippen LogP contribution in [-0.4, -0.2) is 11.6 Å². The summed E-state index contributed by atoms with van der Waals surface area (Å²) in [6.45, 7) is 1.23. The molecule has 1 rings (SSSR count). The average Bonchev–Trinajstić information content (AvgIpc) is 2.04. The third-order valence-corrected chi connectivity index (χ3v) is 1.53. The van der Waals surface area contributed by atoms with E-state index in [2.05, 4.69) is 0 Å². The lowest BCUT2D eigenvalue weighted by molar-refractivity contribution is -0.113. The number of nitrogen functional groups attached to an aromatic ring is 1. The van der Waals surface area contributed by atoms with Crippen LogP contribution in [0, 0.1) is 0 Å². The Morgan fingerprint density at radius 3 is 2.33 bits per heavy atom. The molecular formula is C9H9NO2. The first-order valence-electron chi connectivity index (χ1n) is 3.52. The summed E-state index contributed by atoms with van der Waals surface area (Å²) in [5.41, 5.74) is 6.11. The van der Waals surface area contributed by atoms with Gasteiger partial charge in [-0.05, 0) is 12.1 Å². The Kier molecular flexibility index (Phi) is 2.24. The normalized spacial score (nSPS) is 9.42. The van der Waals surface area contributed by atoms with Crippen molar-refractivity contribution in [3.05, 3.63) is 29.8 Å². The Balaban J connectivity index is 3.11. The number of Topliss-reactive ketones (excluding diaryl/α,β-unsaturated/α-hetero) is 2. The van der Waals surface area contributed by atoms with E-state index in [4.69, 9.17) is 5.73 Å². The fraction of sp³-hybridized carbons (Fsp3) is 0.111. The maximum atomic E-state index is 11.1. The zero-order valence-electron chi connectivity index (χ0n) is 6.70. The van der Waals surface area contributed by atoms with Gasteiger partial charge in [0.25, 0.3) is 0 Å². The molecule has 0 fully saturated rings. The Hall–Kier alpha value is -1.64. The largest absolute Gasteiger partial charge is 0.398 e. The van der Waals surface area contributed by atoms with E-state index < -0.39 is 11.6 Å². The first-order valence-corrected chi connectivity index (χ1v) is 3.52. The predicted molar refractivity (Wildman–Crippen MR) is 45.9 cm³/mol. The number of ketones is 2. The third kappa shape index (κ3) is 1.50. The summed E-state index contributed by atoms with van der Waals surface area (Å²) in [6.07, 6.45) is 0. The predicted octanol–water partition coefficient (Wildman–Crippen LogP) is 1.04. The van der Waals surface area contributed by atoms with Crippen LogP contribution >= 0.6 is 0 Å². The highest BCUT2D eigenvalue weighted by molar-refractivity contribution is 6.43. The molecule has 0 aliphatic carbocycles. The molecule has 0 heterocycles. The average molecular weight is 163 g/mol. The molecule has 12 heavy (non-hydrogen) atoms. The van der Waals surface area contributed by atoms with Crippen LogP contribution < -0.4 is 5.73 Å². The smallest absolute Gasteiger partial charge is 0.230 e. The van der Waals surface area contributed by atoms with E-state index in [0.29, 0.717) is 5.69 Å². The molecule has 1 aromatic rings. The summed E-state index contributed by atoms with van der Waals surface area (Å²) in [6, 6.07) is 6.52. The lowest BCUT2D eigenvalue weighted by Crippen LogP contribution is -2.11. The van der Waals surface area contributed by atoms with Gasteiger partial charge in [-0.1, -0.05) is 12.1 Å². The molecule has 1 aromatic carbocycles. The van der Waals surface area contributed by atoms with Crippen molar-refractivity contribution < 1.29 is 9.59 Å². The molecule has 0 saturated carbocycles. The van der Waals surface area contributed by atoms with E-state index >= 15 is 0 Å². The molecular weight excluding hydrogens is 154 g/mol. The molecule has 0 bridgehead atoms. The molecule has 0 saturated heterocycles. The molecule has 3 nitrogen and oxygen atoms in total. The number of benzene rings is 1. The van der Waals surface area contributed by atoms with E-state index in [1.807, 2.05) is 0 Å². The zero-order chi connectivity index (χ0) is 9.14. The minimum absolute atomic E-state index is 0.282. The summed E-state index contributed by atoms with van der Waals surface area (Å²) >= 11 is 0. The standard InChI is InChI=1S/C9H9NO2/c1-6(11)9(12)7-4-2-3-5-8(7)10/h2-5H,10H2,1H3. The molecule has 0 aliphatic heterocycles. The number of carbonyl (C=O) groups is 2. The minimum atomic E-state index is -0.534. The van der Waals surface area contributed by atoms with Gasteiger partial charge in [-0.15, -0.1) is 0 Å². The summed E-state index contributed by atoms with van der Waals surface area (Å²) in [4.78, 5) is 21.8. The molecule has 0 atom stereocenters. The summed E-state index contributed by atoms with van der Waals surface area (Å²) in [5.74, 6) is -1.03. The van der Waals surface area contributed by atoms with Gasteiger partial charge in [0.05, 0.1) is 0 Å². The highest BCUT2D eigenvalue weighted by Crippen LogP contribution is 2.11. The molecule has 0 aromatic heterocycles. The number of anilines is 1. The number of hydrogen-bond acceptors (Lipinski definition) is 3. The van der Waals surface area contributed by atoms with Gasteiger partial charge in [0.2, 0.25) is 5.78 Å². The summed E-state index contributed by atoms with van der Waals surface area (Å²) < 4.78 is 0. The van der Waals surface area contributed by atoms with Crippen molar-refractivity contribution >= 4 is 17.3 Å². The van der Waals surface area contributed by atoms with Crippen LogP contribution in [0.15, 0.2) is 24.3 Å². The van der Waals surface area contributed by atoms with Crippen molar-refractivity contribution in [1.82, 2.24) is 0 Å². The number of nitrogens with two attached hydrogens (primary N) is 1. The topological polar surface area (TPSA) is 60.2 Å². The van der Waals surface area contributed by atoms with Gasteiger partial charge in [0.1, 0.15) is 0 Å². The van der Waals surface area contributed by atoms with E-state index in [1.54, 1.807) is 24.3 Å². The van der Waals surface area contributed by atoms with Crippen LogP contribution in [0.3, 0.4) is 0 Å².